The van der Waals surface area contributed by atoms with Crippen molar-refractivity contribution in [3.05, 3.63) is 55.1 Å². The van der Waals surface area contributed by atoms with E-state index >= 15 is 0 Å². The molecule has 1 aliphatic heterocycles. The first kappa shape index (κ1) is 31.6. The molecule has 44 heavy (non-hydrogen) atoms. The van der Waals surface area contributed by atoms with E-state index in [9.17, 15) is 28.4 Å². The summed E-state index contributed by atoms with van der Waals surface area (Å²) in [6.45, 7) is 3.31. The molecule has 1 aliphatic rings. The summed E-state index contributed by atoms with van der Waals surface area (Å²) in [6.07, 6.45) is -7.54. The van der Waals surface area contributed by atoms with Crippen LogP contribution in [0.3, 0.4) is 0 Å². The van der Waals surface area contributed by atoms with Gasteiger partial charge in [0.1, 0.15) is 35.8 Å². The fraction of sp³-hybridized carbons (Fsp3) is 0.407. The van der Waals surface area contributed by atoms with Gasteiger partial charge in [0.2, 0.25) is 0 Å². The SMILES string of the molecule is CC(C)OC(=O)[C@H](C)NP(=O)(OC[C@@]1(C(F)F)O[C@@H](n2cnc3c(N)ncnc32)[C@H](O)[C@H]1O)Oc1ccc2ccccc2c1. The van der Waals surface area contributed by atoms with Crippen molar-refractivity contribution < 1.29 is 46.9 Å². The monoisotopic (exact) mass is 636 g/mol. The van der Waals surface area contributed by atoms with Crippen molar-refractivity contribution in [3.63, 3.8) is 0 Å². The van der Waals surface area contributed by atoms with E-state index < -0.39 is 62.9 Å². The molecule has 6 atom stereocenters. The number of alkyl halides is 2. The number of hydrogen-bond acceptors (Lipinski definition) is 12. The van der Waals surface area contributed by atoms with Crippen molar-refractivity contribution in [2.45, 2.75) is 63.4 Å². The van der Waals surface area contributed by atoms with Crippen LogP contribution in [0.25, 0.3) is 21.9 Å². The number of hydrogen-bond donors (Lipinski definition) is 4. The number of nitrogen functional groups attached to an aromatic ring is 1. The zero-order valence-corrected chi connectivity index (χ0v) is 24.7. The third kappa shape index (κ3) is 6.09. The average molecular weight is 637 g/mol. The van der Waals surface area contributed by atoms with Crippen molar-refractivity contribution >= 4 is 41.5 Å². The highest BCUT2D eigenvalue weighted by molar-refractivity contribution is 7.52. The Kier molecular flexibility index (Phi) is 8.84. The van der Waals surface area contributed by atoms with Gasteiger partial charge in [-0.1, -0.05) is 30.3 Å². The highest BCUT2D eigenvalue weighted by Crippen LogP contribution is 2.49. The van der Waals surface area contributed by atoms with Crippen molar-refractivity contribution in [2.24, 2.45) is 0 Å². The van der Waals surface area contributed by atoms with E-state index in [0.29, 0.717) is 5.39 Å². The number of benzene rings is 2. The Morgan fingerprint density at radius 3 is 2.59 bits per heavy atom. The minimum absolute atomic E-state index is 0.00629. The smallest absolute Gasteiger partial charge is 0.459 e. The number of esters is 1. The van der Waals surface area contributed by atoms with Crippen LogP contribution in [0, 0.1) is 0 Å². The van der Waals surface area contributed by atoms with Crippen LogP contribution >= 0.6 is 7.75 Å². The Hall–Kier alpha value is -3.79. The molecule has 0 amide bonds. The minimum atomic E-state index is -4.69. The summed E-state index contributed by atoms with van der Waals surface area (Å²) >= 11 is 0. The lowest BCUT2D eigenvalue weighted by atomic mass is 9.96. The van der Waals surface area contributed by atoms with Gasteiger partial charge >= 0.3 is 13.7 Å². The molecule has 4 aromatic rings. The quantitative estimate of drug-likeness (QED) is 0.139. The first-order chi connectivity index (χ1) is 20.8. The molecular weight excluding hydrogens is 605 g/mol. The Bertz CT molecular complexity index is 1710. The van der Waals surface area contributed by atoms with Crippen molar-refractivity contribution in [3.8, 4) is 5.75 Å². The van der Waals surface area contributed by atoms with Gasteiger partial charge in [0.05, 0.1) is 19.0 Å². The number of fused-ring (bicyclic) bond motifs is 2. The molecule has 17 heteroatoms. The molecular formula is C27H31F2N6O8P. The summed E-state index contributed by atoms with van der Waals surface area (Å²) in [6, 6.07) is 10.7. The summed E-state index contributed by atoms with van der Waals surface area (Å²) in [5, 5.41) is 25.7. The van der Waals surface area contributed by atoms with Crippen LogP contribution in [-0.4, -0.2) is 78.7 Å². The molecule has 1 unspecified atom stereocenters. The number of anilines is 1. The molecule has 2 aromatic heterocycles. The van der Waals surface area contributed by atoms with Crippen LogP contribution < -0.4 is 15.3 Å². The molecule has 0 spiro atoms. The molecule has 236 valence electrons. The number of rotatable bonds is 11. The number of ether oxygens (including phenoxy) is 2. The average Bonchev–Trinajstić information content (AvgIpc) is 3.51. The Labute approximate surface area is 249 Å². The van der Waals surface area contributed by atoms with Crippen LogP contribution in [0.4, 0.5) is 14.6 Å². The van der Waals surface area contributed by atoms with Gasteiger partial charge in [-0.3, -0.25) is 13.9 Å². The number of nitrogens with zero attached hydrogens (tertiary/aromatic N) is 4. The van der Waals surface area contributed by atoms with Gasteiger partial charge in [0.15, 0.2) is 23.3 Å². The normalized spacial score (nSPS) is 24.2. The highest BCUT2D eigenvalue weighted by atomic mass is 31.2. The molecule has 0 bridgehead atoms. The molecule has 5 N–H and O–H groups in total. The van der Waals surface area contributed by atoms with E-state index in [1.807, 2.05) is 12.1 Å². The van der Waals surface area contributed by atoms with Gasteiger partial charge in [0, 0.05) is 0 Å². The third-order valence-corrected chi connectivity index (χ3v) is 8.57. The van der Waals surface area contributed by atoms with Crippen LogP contribution in [-0.2, 0) is 23.4 Å². The van der Waals surface area contributed by atoms with Crippen LogP contribution in [0.5, 0.6) is 5.75 Å². The van der Waals surface area contributed by atoms with Crippen molar-refractivity contribution in [1.29, 1.82) is 0 Å². The Morgan fingerprint density at radius 1 is 1.16 bits per heavy atom. The summed E-state index contributed by atoms with van der Waals surface area (Å²) in [7, 11) is -4.69. The zero-order valence-electron chi connectivity index (χ0n) is 23.8. The molecule has 3 heterocycles. The second-order valence-electron chi connectivity index (χ2n) is 10.5. The number of aliphatic hydroxyl groups excluding tert-OH is 2. The molecule has 14 nitrogen and oxygen atoms in total. The first-order valence-electron chi connectivity index (χ1n) is 13.5. The van der Waals surface area contributed by atoms with Gasteiger partial charge in [-0.05, 0) is 43.7 Å². The summed E-state index contributed by atoms with van der Waals surface area (Å²) in [5.41, 5.74) is 3.05. The van der Waals surface area contributed by atoms with Gasteiger partial charge in [-0.2, -0.15) is 5.09 Å². The van der Waals surface area contributed by atoms with E-state index in [2.05, 4.69) is 20.0 Å². The van der Waals surface area contributed by atoms with E-state index in [0.717, 1.165) is 22.6 Å². The molecule has 0 aliphatic carbocycles. The summed E-state index contributed by atoms with van der Waals surface area (Å²) in [4.78, 5) is 24.4. The maximum atomic E-state index is 14.8. The second kappa shape index (κ2) is 12.3. The molecule has 0 saturated carbocycles. The lowest BCUT2D eigenvalue weighted by Gasteiger charge is -2.32. The maximum absolute atomic E-state index is 14.8. The van der Waals surface area contributed by atoms with E-state index in [-0.39, 0.29) is 22.7 Å². The van der Waals surface area contributed by atoms with Gasteiger partial charge < -0.3 is 29.9 Å². The number of nitrogens with one attached hydrogen (secondary N) is 1. The number of imidazole rings is 1. The fourth-order valence-corrected chi connectivity index (χ4v) is 6.24. The number of carbonyl (C=O) groups is 1. The molecule has 5 rings (SSSR count). The van der Waals surface area contributed by atoms with E-state index in [4.69, 9.17) is 24.3 Å². The second-order valence-corrected chi connectivity index (χ2v) is 12.2. The van der Waals surface area contributed by atoms with Crippen LogP contribution in [0.2, 0.25) is 0 Å². The van der Waals surface area contributed by atoms with Crippen LogP contribution in [0.15, 0.2) is 55.1 Å². The molecule has 1 saturated heterocycles. The standard InChI is InChI=1S/C27H31F2N6O8P/c1-14(2)41-25(38)15(3)34-44(39,43-18-9-8-16-6-4-5-7-17(16)10-18)40-11-27(26(28)29)21(37)20(36)24(42-27)35-13-33-19-22(30)31-12-32-23(19)35/h4-10,12-15,20-21,24,26,36-37H,11H2,1-3H3,(H,34,39)(H2,30,31,32)/t15-,20+,21+,24+,27+,44?/m0/s1. The number of aromatic nitrogens is 4. The highest BCUT2D eigenvalue weighted by Gasteiger charge is 2.61. The number of nitrogens with two attached hydrogens (primary N) is 1. The van der Waals surface area contributed by atoms with Crippen molar-refractivity contribution in [1.82, 2.24) is 24.6 Å². The van der Waals surface area contributed by atoms with Crippen LogP contribution in [0.1, 0.15) is 27.0 Å². The summed E-state index contributed by atoms with van der Waals surface area (Å²) < 4.78 is 66.6. The topological polar surface area (TPSA) is 193 Å². The predicted octanol–water partition coefficient (Wildman–Crippen LogP) is 2.95. The molecule has 1 fully saturated rings. The Morgan fingerprint density at radius 2 is 1.89 bits per heavy atom. The zero-order chi connectivity index (χ0) is 31.8. The third-order valence-electron chi connectivity index (χ3n) is 6.95. The number of aliphatic hydroxyl groups is 2. The van der Waals surface area contributed by atoms with Gasteiger partial charge in [-0.25, -0.2) is 28.3 Å². The van der Waals surface area contributed by atoms with Gasteiger partial charge in [-0.15, -0.1) is 0 Å². The van der Waals surface area contributed by atoms with E-state index in [1.54, 1.807) is 38.1 Å². The summed E-state index contributed by atoms with van der Waals surface area (Å²) in [5.74, 6) is -0.786. The predicted molar refractivity (Wildman–Crippen MR) is 153 cm³/mol. The Balaban J connectivity index is 1.45. The number of halogens is 2. The first-order valence-corrected chi connectivity index (χ1v) is 15.0. The van der Waals surface area contributed by atoms with Crippen molar-refractivity contribution in [2.75, 3.05) is 12.3 Å². The lowest BCUT2D eigenvalue weighted by Crippen LogP contribution is -2.53. The fourth-order valence-electron chi connectivity index (χ4n) is 4.71. The molecule has 2 aromatic carbocycles. The van der Waals surface area contributed by atoms with Gasteiger partial charge in [0.25, 0.3) is 6.43 Å². The largest absolute Gasteiger partial charge is 0.462 e. The lowest BCUT2D eigenvalue weighted by molar-refractivity contribution is -0.191. The minimum Gasteiger partial charge on any atom is -0.462 e. The maximum Gasteiger partial charge on any atom is 0.459 e. The number of carbonyl (C=O) groups excluding carboxylic acids is 1. The van der Waals surface area contributed by atoms with E-state index in [1.165, 1.54) is 13.0 Å². The molecule has 0 radical (unpaired) electrons.